The van der Waals surface area contributed by atoms with Crippen molar-refractivity contribution in [3.05, 3.63) is 70.3 Å². The van der Waals surface area contributed by atoms with E-state index in [2.05, 4.69) is 0 Å². The molecule has 0 aliphatic rings. The third-order valence-corrected chi connectivity index (χ3v) is 5.52. The van der Waals surface area contributed by atoms with Crippen molar-refractivity contribution >= 4 is 11.9 Å². The predicted molar refractivity (Wildman–Crippen MR) is 118 cm³/mol. The van der Waals surface area contributed by atoms with E-state index in [9.17, 15) is 30.0 Å². The van der Waals surface area contributed by atoms with E-state index in [1.165, 1.54) is 24.3 Å². The van der Waals surface area contributed by atoms with E-state index < -0.39 is 11.9 Å². The highest BCUT2D eigenvalue weighted by Gasteiger charge is 2.21. The van der Waals surface area contributed by atoms with Gasteiger partial charge in [-0.1, -0.05) is 31.5 Å². The minimum atomic E-state index is -1.10. The Labute approximate surface area is 180 Å². The molecule has 0 saturated heterocycles. The molecule has 0 unspecified atom stereocenters. The minimum Gasteiger partial charge on any atom is -0.508 e. The van der Waals surface area contributed by atoms with Gasteiger partial charge < -0.3 is 20.4 Å². The summed E-state index contributed by atoms with van der Waals surface area (Å²) in [5, 5.41) is 39.7. The number of aromatic hydroxyl groups is 2. The number of rotatable bonds is 6. The summed E-state index contributed by atoms with van der Waals surface area (Å²) in [6, 6.07) is 10.8. The molecule has 0 spiro atoms. The van der Waals surface area contributed by atoms with Gasteiger partial charge in [0.2, 0.25) is 0 Å². The highest BCUT2D eigenvalue weighted by atomic mass is 16.4. The number of aryl methyl sites for hydroxylation is 1. The summed E-state index contributed by atoms with van der Waals surface area (Å²) in [7, 11) is 0. The summed E-state index contributed by atoms with van der Waals surface area (Å²) < 4.78 is 0. The van der Waals surface area contributed by atoms with Gasteiger partial charge in [-0.25, -0.2) is 9.59 Å². The number of phenols is 2. The van der Waals surface area contributed by atoms with E-state index in [1.54, 1.807) is 26.0 Å². The van der Waals surface area contributed by atoms with E-state index in [4.69, 9.17) is 0 Å². The van der Waals surface area contributed by atoms with Gasteiger partial charge in [-0.05, 0) is 72.4 Å². The molecule has 0 fully saturated rings. The Bertz CT molecular complexity index is 1190. The summed E-state index contributed by atoms with van der Waals surface area (Å²) in [5.41, 5.74) is 4.05. The smallest absolute Gasteiger partial charge is 0.336 e. The zero-order valence-corrected chi connectivity index (χ0v) is 17.6. The second kappa shape index (κ2) is 8.52. The van der Waals surface area contributed by atoms with Gasteiger partial charge in [-0.2, -0.15) is 0 Å². The van der Waals surface area contributed by atoms with Crippen molar-refractivity contribution in [3.63, 3.8) is 0 Å². The van der Waals surface area contributed by atoms with E-state index in [1.807, 2.05) is 13.0 Å². The summed E-state index contributed by atoms with van der Waals surface area (Å²) in [4.78, 5) is 23.6. The van der Waals surface area contributed by atoms with Crippen LogP contribution in [-0.2, 0) is 6.42 Å². The number of carbonyl (C=O) groups is 2. The van der Waals surface area contributed by atoms with Gasteiger partial charge >= 0.3 is 11.9 Å². The number of hydrogen-bond donors (Lipinski definition) is 4. The first-order chi connectivity index (χ1) is 14.7. The molecule has 0 aromatic heterocycles. The molecule has 0 bridgehead atoms. The van der Waals surface area contributed by atoms with Crippen molar-refractivity contribution in [2.75, 3.05) is 0 Å². The van der Waals surface area contributed by atoms with Crippen LogP contribution in [0, 0.1) is 13.8 Å². The largest absolute Gasteiger partial charge is 0.508 e. The number of phenolic OH excluding ortho intramolecular Hbond substituents is 2. The van der Waals surface area contributed by atoms with E-state index in [0.29, 0.717) is 39.8 Å². The highest BCUT2D eigenvalue weighted by molar-refractivity contribution is 6.00. The topological polar surface area (TPSA) is 115 Å². The summed E-state index contributed by atoms with van der Waals surface area (Å²) in [6.07, 6.45) is 1.40. The molecule has 0 heterocycles. The van der Waals surface area contributed by atoms with Crippen molar-refractivity contribution in [1.82, 2.24) is 0 Å². The van der Waals surface area contributed by atoms with Gasteiger partial charge in [-0.3, -0.25) is 0 Å². The molecule has 0 aliphatic heterocycles. The van der Waals surface area contributed by atoms with Gasteiger partial charge in [-0.15, -0.1) is 0 Å². The fourth-order valence-corrected chi connectivity index (χ4v) is 3.95. The fourth-order valence-electron chi connectivity index (χ4n) is 3.95. The molecule has 0 saturated carbocycles. The van der Waals surface area contributed by atoms with Crippen LogP contribution in [0.3, 0.4) is 0 Å². The molecule has 0 atom stereocenters. The SMILES string of the molecule is CCCc1cc(-c2c(C(=O)O)ccc(O)c2C)ccc1-c1c(C(=O)O)ccc(O)c1C. The molecule has 6 nitrogen and oxygen atoms in total. The number of benzene rings is 3. The van der Waals surface area contributed by atoms with Crippen LogP contribution in [0.5, 0.6) is 11.5 Å². The summed E-state index contributed by atoms with van der Waals surface area (Å²) >= 11 is 0. The lowest BCUT2D eigenvalue weighted by Gasteiger charge is -2.18. The molecule has 0 aliphatic carbocycles. The predicted octanol–water partition coefficient (Wildman–Crippen LogP) is 5.40. The van der Waals surface area contributed by atoms with Gasteiger partial charge in [0.25, 0.3) is 0 Å². The van der Waals surface area contributed by atoms with Crippen LogP contribution in [-0.4, -0.2) is 32.4 Å². The Hall–Kier alpha value is -3.80. The second-order valence-corrected chi connectivity index (χ2v) is 7.50. The van der Waals surface area contributed by atoms with Crippen LogP contribution in [0.2, 0.25) is 0 Å². The first-order valence-corrected chi connectivity index (χ1v) is 9.92. The van der Waals surface area contributed by atoms with Crippen molar-refractivity contribution in [1.29, 1.82) is 0 Å². The lowest BCUT2D eigenvalue weighted by molar-refractivity contribution is 0.0686. The number of aromatic carboxylic acids is 2. The van der Waals surface area contributed by atoms with E-state index in [-0.39, 0.29) is 22.6 Å². The zero-order chi connectivity index (χ0) is 22.9. The van der Waals surface area contributed by atoms with Gasteiger partial charge in [0, 0.05) is 11.1 Å². The average Bonchev–Trinajstić information content (AvgIpc) is 2.72. The Balaban J connectivity index is 2.33. The van der Waals surface area contributed by atoms with Crippen molar-refractivity contribution in [2.45, 2.75) is 33.6 Å². The minimum absolute atomic E-state index is 0.00175. The summed E-state index contributed by atoms with van der Waals surface area (Å²) in [5.74, 6) is -2.19. The molecule has 3 aromatic carbocycles. The molecule has 6 heteroatoms. The molecule has 3 rings (SSSR count). The fraction of sp³-hybridized carbons (Fsp3) is 0.200. The average molecular weight is 420 g/mol. The highest BCUT2D eigenvalue weighted by Crippen LogP contribution is 2.39. The third-order valence-electron chi connectivity index (χ3n) is 5.52. The maximum atomic E-state index is 11.8. The third kappa shape index (κ3) is 3.97. The lowest BCUT2D eigenvalue weighted by atomic mass is 9.86. The number of hydrogen-bond acceptors (Lipinski definition) is 4. The molecule has 3 aromatic rings. The van der Waals surface area contributed by atoms with Crippen molar-refractivity contribution in [2.24, 2.45) is 0 Å². The van der Waals surface area contributed by atoms with Gasteiger partial charge in [0.05, 0.1) is 11.1 Å². The Kier molecular flexibility index (Phi) is 6.02. The van der Waals surface area contributed by atoms with Crippen LogP contribution >= 0.6 is 0 Å². The molecule has 31 heavy (non-hydrogen) atoms. The normalized spacial score (nSPS) is 10.8. The molecule has 0 amide bonds. The molecule has 4 N–H and O–H groups in total. The Morgan fingerprint density at radius 1 is 0.774 bits per heavy atom. The number of carboxylic acids is 2. The second-order valence-electron chi connectivity index (χ2n) is 7.50. The van der Waals surface area contributed by atoms with Crippen LogP contribution in [0.4, 0.5) is 0 Å². The summed E-state index contributed by atoms with van der Waals surface area (Å²) in [6.45, 7) is 5.32. The monoisotopic (exact) mass is 420 g/mol. The first-order valence-electron chi connectivity index (χ1n) is 9.92. The van der Waals surface area contributed by atoms with Crippen LogP contribution < -0.4 is 0 Å². The van der Waals surface area contributed by atoms with Crippen LogP contribution in [0.1, 0.15) is 50.8 Å². The first kappa shape index (κ1) is 21.9. The van der Waals surface area contributed by atoms with E-state index in [0.717, 1.165) is 12.0 Å². The molecular weight excluding hydrogens is 396 g/mol. The maximum Gasteiger partial charge on any atom is 0.336 e. The van der Waals surface area contributed by atoms with Crippen molar-refractivity contribution < 1.29 is 30.0 Å². The maximum absolute atomic E-state index is 11.8. The zero-order valence-electron chi connectivity index (χ0n) is 17.6. The Morgan fingerprint density at radius 3 is 1.81 bits per heavy atom. The van der Waals surface area contributed by atoms with E-state index >= 15 is 0 Å². The van der Waals surface area contributed by atoms with Crippen molar-refractivity contribution in [3.8, 4) is 33.8 Å². The van der Waals surface area contributed by atoms with Crippen LogP contribution in [0.15, 0.2) is 42.5 Å². The standard InChI is InChI=1S/C25H24O6/c1-4-5-15-12-16(22-13(2)20(26)10-8-18(22)24(28)29)6-7-17(15)23-14(3)21(27)11-9-19(23)25(30)31/h6-12,26-27H,4-5H2,1-3H3,(H,28,29)(H,30,31). The van der Waals surface area contributed by atoms with Gasteiger partial charge in [0.15, 0.2) is 0 Å². The molecular formula is C25H24O6. The molecule has 160 valence electrons. The lowest BCUT2D eigenvalue weighted by Crippen LogP contribution is -2.04. The number of carboxylic acid groups (broad SMARTS) is 2. The van der Waals surface area contributed by atoms with Gasteiger partial charge in [0.1, 0.15) is 11.5 Å². The molecule has 0 radical (unpaired) electrons. The Morgan fingerprint density at radius 2 is 1.29 bits per heavy atom. The quantitative estimate of drug-likeness (QED) is 0.425. The van der Waals surface area contributed by atoms with Crippen LogP contribution in [0.25, 0.3) is 22.3 Å².